The molecule has 1 heterocycles. The molecule has 1 aliphatic rings. The molecule has 0 atom stereocenters. The van der Waals surface area contributed by atoms with Crippen LogP contribution in [0.4, 0.5) is 5.69 Å². The number of carbonyl (C=O) groups is 1. The van der Waals surface area contributed by atoms with Crippen LogP contribution < -0.4 is 5.73 Å². The maximum atomic E-state index is 11.6. The number of fused-ring (bicyclic) bond motifs is 1. The molecule has 0 unspecified atom stereocenters. The summed E-state index contributed by atoms with van der Waals surface area (Å²) in [5, 5.41) is 8.49. The smallest absolute Gasteiger partial charge is 0.237 e. The molecule has 1 aromatic carbocycles. The maximum Gasteiger partial charge on any atom is 0.237 e. The quantitative estimate of drug-likeness (QED) is 0.712. The third-order valence-corrected chi connectivity index (χ3v) is 2.83. The van der Waals surface area contributed by atoms with Crippen LogP contribution in [0.3, 0.4) is 0 Å². The van der Waals surface area contributed by atoms with Gasteiger partial charge in [0.25, 0.3) is 0 Å². The van der Waals surface area contributed by atoms with Gasteiger partial charge in [0.05, 0.1) is 6.07 Å². The van der Waals surface area contributed by atoms with E-state index in [1.54, 1.807) is 4.90 Å². The minimum absolute atomic E-state index is 0.0440. The zero-order valence-electron chi connectivity index (χ0n) is 8.94. The lowest BCUT2D eigenvalue weighted by Crippen LogP contribution is -2.35. The van der Waals surface area contributed by atoms with Gasteiger partial charge in [-0.3, -0.25) is 4.79 Å². The topological polar surface area (TPSA) is 70.1 Å². The van der Waals surface area contributed by atoms with Crippen molar-refractivity contribution < 1.29 is 4.79 Å². The van der Waals surface area contributed by atoms with Crippen molar-refractivity contribution >= 4 is 11.6 Å². The van der Waals surface area contributed by atoms with Crippen LogP contribution in [-0.2, 0) is 17.8 Å². The van der Waals surface area contributed by atoms with E-state index < -0.39 is 0 Å². The van der Waals surface area contributed by atoms with Gasteiger partial charge < -0.3 is 10.6 Å². The Morgan fingerprint density at radius 3 is 3.06 bits per heavy atom. The molecule has 0 aromatic heterocycles. The van der Waals surface area contributed by atoms with Crippen molar-refractivity contribution in [1.29, 1.82) is 5.26 Å². The highest BCUT2D eigenvalue weighted by Gasteiger charge is 2.20. The van der Waals surface area contributed by atoms with Crippen LogP contribution in [0.2, 0.25) is 0 Å². The third kappa shape index (κ3) is 1.98. The Labute approximate surface area is 94.3 Å². The van der Waals surface area contributed by atoms with E-state index in [4.69, 9.17) is 11.0 Å². The Bertz CT molecular complexity index is 462. The molecule has 16 heavy (non-hydrogen) atoms. The fourth-order valence-electron chi connectivity index (χ4n) is 1.97. The predicted octanol–water partition coefficient (Wildman–Crippen LogP) is 1.07. The normalized spacial score (nSPS) is 14.1. The SMILES string of the molecule is N#CCC(=O)N1CCc2ccc(N)cc2C1. The number of anilines is 1. The first-order valence-corrected chi connectivity index (χ1v) is 5.22. The van der Waals surface area contributed by atoms with E-state index in [2.05, 4.69) is 0 Å². The van der Waals surface area contributed by atoms with Gasteiger partial charge in [-0.05, 0) is 29.7 Å². The summed E-state index contributed by atoms with van der Waals surface area (Å²) in [4.78, 5) is 13.3. The van der Waals surface area contributed by atoms with Crippen LogP contribution in [0.5, 0.6) is 0 Å². The second kappa shape index (κ2) is 4.23. The van der Waals surface area contributed by atoms with Crippen LogP contribution in [0, 0.1) is 11.3 Å². The predicted molar refractivity (Wildman–Crippen MR) is 60.2 cm³/mol. The van der Waals surface area contributed by atoms with E-state index in [1.807, 2.05) is 24.3 Å². The highest BCUT2D eigenvalue weighted by molar-refractivity contribution is 5.78. The molecule has 82 valence electrons. The number of benzene rings is 1. The van der Waals surface area contributed by atoms with Gasteiger partial charge in [-0.15, -0.1) is 0 Å². The van der Waals surface area contributed by atoms with Gasteiger partial charge in [-0.2, -0.15) is 5.26 Å². The largest absolute Gasteiger partial charge is 0.399 e. The molecule has 0 fully saturated rings. The summed E-state index contributed by atoms with van der Waals surface area (Å²) >= 11 is 0. The number of amides is 1. The van der Waals surface area contributed by atoms with Gasteiger partial charge in [-0.1, -0.05) is 6.07 Å². The molecule has 4 heteroatoms. The van der Waals surface area contributed by atoms with E-state index in [-0.39, 0.29) is 12.3 Å². The molecule has 1 amide bonds. The van der Waals surface area contributed by atoms with Gasteiger partial charge in [0.2, 0.25) is 5.91 Å². The molecule has 0 spiro atoms. The van der Waals surface area contributed by atoms with Gasteiger partial charge in [0.1, 0.15) is 6.42 Å². The minimum Gasteiger partial charge on any atom is -0.399 e. The van der Waals surface area contributed by atoms with Crippen molar-refractivity contribution in [3.05, 3.63) is 29.3 Å². The molecule has 0 saturated heterocycles. The second-order valence-corrected chi connectivity index (χ2v) is 3.93. The number of nitriles is 1. The molecular formula is C12H13N3O. The van der Waals surface area contributed by atoms with Gasteiger partial charge in [0.15, 0.2) is 0 Å². The molecule has 0 radical (unpaired) electrons. The maximum absolute atomic E-state index is 11.6. The van der Waals surface area contributed by atoms with Crippen LogP contribution in [0.25, 0.3) is 0 Å². The van der Waals surface area contributed by atoms with E-state index in [0.29, 0.717) is 18.8 Å². The molecule has 4 nitrogen and oxygen atoms in total. The van der Waals surface area contributed by atoms with Crippen molar-refractivity contribution in [2.75, 3.05) is 12.3 Å². The van der Waals surface area contributed by atoms with E-state index in [0.717, 1.165) is 12.0 Å². The number of carbonyl (C=O) groups excluding carboxylic acids is 1. The molecule has 1 aliphatic heterocycles. The van der Waals surface area contributed by atoms with Crippen molar-refractivity contribution in [1.82, 2.24) is 4.90 Å². The van der Waals surface area contributed by atoms with E-state index >= 15 is 0 Å². The Morgan fingerprint density at radius 1 is 1.50 bits per heavy atom. The summed E-state index contributed by atoms with van der Waals surface area (Å²) in [6.45, 7) is 1.26. The van der Waals surface area contributed by atoms with Crippen LogP contribution in [0.1, 0.15) is 17.5 Å². The van der Waals surface area contributed by atoms with Crippen LogP contribution in [-0.4, -0.2) is 17.4 Å². The Kier molecular flexibility index (Phi) is 2.78. The number of rotatable bonds is 1. The van der Waals surface area contributed by atoms with Crippen molar-refractivity contribution in [3.63, 3.8) is 0 Å². The fraction of sp³-hybridized carbons (Fsp3) is 0.333. The summed E-state index contributed by atoms with van der Waals surface area (Å²) in [6.07, 6.45) is 0.796. The van der Waals surface area contributed by atoms with Crippen molar-refractivity contribution in [3.8, 4) is 6.07 Å². The zero-order chi connectivity index (χ0) is 11.5. The Balaban J connectivity index is 2.17. The highest BCUT2D eigenvalue weighted by atomic mass is 16.2. The number of nitrogens with zero attached hydrogens (tertiary/aromatic N) is 2. The number of nitrogens with two attached hydrogens (primary N) is 1. The van der Waals surface area contributed by atoms with E-state index in [9.17, 15) is 4.79 Å². The first kappa shape index (κ1) is 10.5. The molecule has 1 aromatic rings. The number of hydrogen-bond donors (Lipinski definition) is 1. The molecular weight excluding hydrogens is 202 g/mol. The van der Waals surface area contributed by atoms with Crippen molar-refractivity contribution in [2.45, 2.75) is 19.4 Å². The summed E-state index contributed by atoms with van der Waals surface area (Å²) in [5.41, 5.74) is 8.76. The zero-order valence-corrected chi connectivity index (χ0v) is 8.94. The Morgan fingerprint density at radius 2 is 2.31 bits per heavy atom. The van der Waals surface area contributed by atoms with Gasteiger partial charge >= 0.3 is 0 Å². The van der Waals surface area contributed by atoms with Gasteiger partial charge in [0, 0.05) is 18.8 Å². The second-order valence-electron chi connectivity index (χ2n) is 3.93. The minimum atomic E-state index is -0.101. The molecule has 2 rings (SSSR count). The van der Waals surface area contributed by atoms with Crippen LogP contribution in [0.15, 0.2) is 18.2 Å². The average molecular weight is 215 g/mol. The monoisotopic (exact) mass is 215 g/mol. The van der Waals surface area contributed by atoms with Crippen LogP contribution >= 0.6 is 0 Å². The van der Waals surface area contributed by atoms with Crippen molar-refractivity contribution in [2.24, 2.45) is 0 Å². The molecule has 2 N–H and O–H groups in total. The highest BCUT2D eigenvalue weighted by Crippen LogP contribution is 2.21. The third-order valence-electron chi connectivity index (χ3n) is 2.83. The molecule has 0 saturated carbocycles. The fourth-order valence-corrected chi connectivity index (χ4v) is 1.97. The lowest BCUT2D eigenvalue weighted by Gasteiger charge is -2.28. The lowest BCUT2D eigenvalue weighted by molar-refractivity contribution is -0.131. The molecule has 0 bridgehead atoms. The first-order valence-electron chi connectivity index (χ1n) is 5.22. The summed E-state index contributed by atoms with van der Waals surface area (Å²) < 4.78 is 0. The average Bonchev–Trinajstić information content (AvgIpc) is 2.28. The van der Waals surface area contributed by atoms with Gasteiger partial charge in [-0.25, -0.2) is 0 Å². The lowest BCUT2D eigenvalue weighted by atomic mass is 9.99. The molecule has 0 aliphatic carbocycles. The number of hydrogen-bond acceptors (Lipinski definition) is 3. The van der Waals surface area contributed by atoms with E-state index in [1.165, 1.54) is 5.56 Å². The summed E-state index contributed by atoms with van der Waals surface area (Å²) in [7, 11) is 0. The first-order chi connectivity index (χ1) is 7.70. The Hall–Kier alpha value is -2.02. The standard InChI is InChI=1S/C12H13N3O/c13-5-3-12(16)15-6-4-9-1-2-11(14)7-10(9)8-15/h1-2,7H,3-4,6,8,14H2. The summed E-state index contributed by atoms with van der Waals surface area (Å²) in [5.74, 6) is -0.101. The number of nitrogen functional groups attached to an aromatic ring is 1. The summed E-state index contributed by atoms with van der Waals surface area (Å²) in [6, 6.07) is 7.68.